The minimum absolute atomic E-state index is 0.429. The molecule has 2 aliphatic rings. The molecule has 0 aliphatic heterocycles. The van der Waals surface area contributed by atoms with E-state index in [-0.39, 0.29) is 0 Å². The van der Waals surface area contributed by atoms with E-state index >= 15 is 0 Å². The van der Waals surface area contributed by atoms with Gasteiger partial charge in [0.05, 0.1) is 0 Å². The molecular weight excluding hydrogens is 326 g/mol. The van der Waals surface area contributed by atoms with Crippen LogP contribution < -0.4 is 0 Å². The van der Waals surface area contributed by atoms with Crippen molar-refractivity contribution in [3.8, 4) is 0 Å². The molecule has 0 saturated carbocycles. The SMILES string of the molecule is CCN(CC)C([CH-]C1=CC=CC1)C1=Cc2ccccc2C1.C[CH]=[Ti+]. The van der Waals surface area contributed by atoms with Crippen LogP contribution >= 0.6 is 0 Å². The molecule has 0 bridgehead atoms. The predicted molar refractivity (Wildman–Crippen MR) is 103 cm³/mol. The van der Waals surface area contributed by atoms with E-state index in [1.165, 1.54) is 22.3 Å². The molecule has 1 aromatic carbocycles. The molecule has 0 heterocycles. The van der Waals surface area contributed by atoms with Gasteiger partial charge in [-0.05, 0) is 43.1 Å². The van der Waals surface area contributed by atoms with E-state index in [1.807, 2.05) is 31.2 Å². The van der Waals surface area contributed by atoms with Gasteiger partial charge in [0.1, 0.15) is 0 Å². The molecule has 24 heavy (non-hydrogen) atoms. The second kappa shape index (κ2) is 9.98. The van der Waals surface area contributed by atoms with Gasteiger partial charge in [-0.2, -0.15) is 0 Å². The Kier molecular flexibility index (Phi) is 7.98. The van der Waals surface area contributed by atoms with Gasteiger partial charge < -0.3 is 4.90 Å². The number of nitrogens with zero attached hydrogens (tertiary/aromatic N) is 1. The maximum atomic E-state index is 2.55. The number of allylic oxidation sites excluding steroid dienone is 3. The van der Waals surface area contributed by atoms with E-state index in [1.54, 1.807) is 0 Å². The van der Waals surface area contributed by atoms with Gasteiger partial charge in [0, 0.05) is 0 Å². The van der Waals surface area contributed by atoms with Gasteiger partial charge in [-0.3, -0.25) is 0 Å². The Morgan fingerprint density at radius 3 is 2.54 bits per heavy atom. The molecular formula is C22H28NTi. The molecule has 1 aromatic rings. The maximum absolute atomic E-state index is 2.55. The van der Waals surface area contributed by atoms with Gasteiger partial charge in [0.2, 0.25) is 0 Å². The average molecular weight is 354 g/mol. The standard InChI is InChI=1S/C20H24N.C2H4.Ti/c1-3-21(4-2)20(13-16-9-5-6-10-16)19-14-17-11-7-8-12-18(17)15-19;1-2;/h5-9,11-14,20H,3-4,10,15H2,1-2H3;1H,2H3;/q-1;;+1. The summed E-state index contributed by atoms with van der Waals surface area (Å²) in [6.45, 7) is 8.70. The molecule has 0 amide bonds. The predicted octanol–water partition coefficient (Wildman–Crippen LogP) is 4.78. The molecule has 0 fully saturated rings. The summed E-state index contributed by atoms with van der Waals surface area (Å²) in [6.07, 6.45) is 13.7. The second-order valence-electron chi connectivity index (χ2n) is 6.09. The molecule has 1 nitrogen and oxygen atoms in total. The molecule has 0 N–H and O–H groups in total. The van der Waals surface area contributed by atoms with Crippen LogP contribution in [0, 0.1) is 6.42 Å². The van der Waals surface area contributed by atoms with E-state index in [2.05, 4.69) is 73.7 Å². The van der Waals surface area contributed by atoms with Gasteiger partial charge in [-0.25, -0.2) is 18.1 Å². The Morgan fingerprint density at radius 2 is 1.96 bits per heavy atom. The fourth-order valence-electron chi connectivity index (χ4n) is 3.35. The zero-order valence-corrected chi connectivity index (χ0v) is 16.7. The van der Waals surface area contributed by atoms with Crippen LogP contribution in [0.5, 0.6) is 0 Å². The summed E-state index contributed by atoms with van der Waals surface area (Å²) >= 11 is 2.00. The van der Waals surface area contributed by atoms with Crippen LogP contribution in [-0.4, -0.2) is 28.3 Å². The van der Waals surface area contributed by atoms with E-state index in [0.29, 0.717) is 6.04 Å². The summed E-state index contributed by atoms with van der Waals surface area (Å²) in [5, 5.41) is 0. The van der Waals surface area contributed by atoms with Crippen molar-refractivity contribution < 1.29 is 20.0 Å². The summed E-state index contributed by atoms with van der Waals surface area (Å²) in [7, 11) is 0. The van der Waals surface area contributed by atoms with Gasteiger partial charge in [0.15, 0.2) is 0 Å². The van der Waals surface area contributed by atoms with E-state index in [9.17, 15) is 0 Å². The van der Waals surface area contributed by atoms with Crippen LogP contribution in [-0.2, 0) is 26.4 Å². The van der Waals surface area contributed by atoms with Crippen LogP contribution in [0.1, 0.15) is 38.3 Å². The molecule has 0 saturated heterocycles. The number of rotatable bonds is 6. The van der Waals surface area contributed by atoms with Crippen molar-refractivity contribution in [1.29, 1.82) is 0 Å². The summed E-state index contributed by atoms with van der Waals surface area (Å²) in [6, 6.07) is 9.21. The first-order chi connectivity index (χ1) is 11.7. The Labute approximate surface area is 159 Å². The van der Waals surface area contributed by atoms with Crippen LogP contribution in [0.15, 0.2) is 53.6 Å². The summed E-state index contributed by atoms with van der Waals surface area (Å²) in [5.74, 6) is 0. The first-order valence-corrected chi connectivity index (χ1v) is 9.81. The zero-order chi connectivity index (χ0) is 17.4. The molecule has 0 radical (unpaired) electrons. The Bertz CT molecular complexity index is 635. The van der Waals surface area contributed by atoms with E-state index < -0.39 is 0 Å². The van der Waals surface area contributed by atoms with Crippen molar-refractivity contribution >= 4 is 10.4 Å². The van der Waals surface area contributed by atoms with Crippen LogP contribution in [0.4, 0.5) is 0 Å². The topological polar surface area (TPSA) is 3.24 Å². The van der Waals surface area contributed by atoms with Crippen LogP contribution in [0.2, 0.25) is 0 Å². The second-order valence-corrected chi connectivity index (χ2v) is 6.99. The quantitative estimate of drug-likeness (QED) is 0.525. The number of benzene rings is 1. The van der Waals surface area contributed by atoms with Gasteiger partial charge in [0.25, 0.3) is 0 Å². The molecule has 2 heteroatoms. The zero-order valence-electron chi connectivity index (χ0n) is 15.1. The van der Waals surface area contributed by atoms with Gasteiger partial charge in [-0.15, -0.1) is 12.2 Å². The van der Waals surface area contributed by atoms with E-state index in [0.717, 1.165) is 25.9 Å². The first kappa shape index (κ1) is 19.2. The molecule has 1 unspecified atom stereocenters. The van der Waals surface area contributed by atoms with Crippen molar-refractivity contribution in [2.45, 2.75) is 39.7 Å². The number of likely N-dealkylation sites (N-methyl/N-ethyl adjacent to an activating group) is 1. The van der Waals surface area contributed by atoms with Crippen molar-refractivity contribution in [3.63, 3.8) is 0 Å². The Morgan fingerprint density at radius 1 is 1.25 bits per heavy atom. The van der Waals surface area contributed by atoms with E-state index in [4.69, 9.17) is 0 Å². The van der Waals surface area contributed by atoms with Crippen LogP contribution in [0.25, 0.3) is 6.08 Å². The first-order valence-electron chi connectivity index (χ1n) is 8.91. The van der Waals surface area contributed by atoms with Gasteiger partial charge in [-0.1, -0.05) is 49.8 Å². The third-order valence-electron chi connectivity index (χ3n) is 4.55. The molecule has 1 atom stereocenters. The molecule has 3 rings (SSSR count). The molecule has 0 aromatic heterocycles. The summed E-state index contributed by atoms with van der Waals surface area (Å²) in [5.41, 5.74) is 5.85. The summed E-state index contributed by atoms with van der Waals surface area (Å²) in [4.78, 5) is 2.55. The molecule has 125 valence electrons. The fourth-order valence-corrected chi connectivity index (χ4v) is 3.35. The van der Waals surface area contributed by atoms with Crippen molar-refractivity contribution in [2.75, 3.05) is 13.1 Å². The fraction of sp³-hybridized carbons (Fsp3) is 0.364. The van der Waals surface area contributed by atoms with Crippen LogP contribution in [0.3, 0.4) is 0 Å². The molecule has 2 aliphatic carbocycles. The van der Waals surface area contributed by atoms with Gasteiger partial charge >= 0.3 is 31.2 Å². The minimum atomic E-state index is 0.429. The third kappa shape index (κ3) is 4.93. The normalized spacial score (nSPS) is 16.1. The number of hydrogen-bond donors (Lipinski definition) is 0. The number of hydrogen-bond acceptors (Lipinski definition) is 1. The summed E-state index contributed by atoms with van der Waals surface area (Å²) < 4.78 is 2.00. The monoisotopic (exact) mass is 354 g/mol. The molecule has 0 spiro atoms. The average Bonchev–Trinajstić information content (AvgIpc) is 3.24. The third-order valence-corrected chi connectivity index (χ3v) is 4.55. The van der Waals surface area contributed by atoms with Crippen molar-refractivity contribution in [3.05, 3.63) is 71.2 Å². The Hall–Kier alpha value is -1.15. The number of fused-ring (bicyclic) bond motifs is 1. The van der Waals surface area contributed by atoms with Crippen molar-refractivity contribution in [1.82, 2.24) is 4.90 Å². The Balaban J connectivity index is 0.000000647. The van der Waals surface area contributed by atoms with Crippen molar-refractivity contribution in [2.24, 2.45) is 0 Å².